The van der Waals surface area contributed by atoms with Crippen LogP contribution in [-0.2, 0) is 0 Å². The quantitative estimate of drug-likeness (QED) is 0.763. The summed E-state index contributed by atoms with van der Waals surface area (Å²) in [4.78, 5) is 7.95. The Morgan fingerprint density at radius 3 is 3.00 bits per heavy atom. The molecule has 13 heavy (non-hydrogen) atoms. The van der Waals surface area contributed by atoms with Crippen LogP contribution in [0.5, 0.6) is 5.88 Å². The van der Waals surface area contributed by atoms with Crippen LogP contribution in [0.1, 0.15) is 6.42 Å². The standard InChI is InChI=1S/C8H11N3O.ClH/c1-2-9-5-7(1)12-8-6-10-3-4-11-8;/h3-4,6-7,9H,1-2,5H2;1H/t7-;/m1./s1. The second-order valence-corrected chi connectivity index (χ2v) is 2.78. The summed E-state index contributed by atoms with van der Waals surface area (Å²) in [5.41, 5.74) is 0. The molecule has 0 unspecified atom stereocenters. The largest absolute Gasteiger partial charge is 0.472 e. The molecule has 1 aliphatic heterocycles. The lowest BCUT2D eigenvalue weighted by atomic mass is 10.3. The monoisotopic (exact) mass is 201 g/mol. The molecule has 0 aromatic carbocycles. The van der Waals surface area contributed by atoms with Crippen LogP contribution < -0.4 is 10.1 Å². The van der Waals surface area contributed by atoms with Gasteiger partial charge in [-0.25, -0.2) is 4.98 Å². The van der Waals surface area contributed by atoms with Gasteiger partial charge in [0.25, 0.3) is 0 Å². The van der Waals surface area contributed by atoms with Crippen molar-refractivity contribution in [3.05, 3.63) is 18.6 Å². The molecule has 0 radical (unpaired) electrons. The molecule has 5 heteroatoms. The zero-order valence-electron chi connectivity index (χ0n) is 7.14. The van der Waals surface area contributed by atoms with E-state index >= 15 is 0 Å². The van der Waals surface area contributed by atoms with Crippen molar-refractivity contribution in [3.63, 3.8) is 0 Å². The molecule has 1 aromatic heterocycles. The van der Waals surface area contributed by atoms with Crippen LogP contribution in [0, 0.1) is 0 Å². The summed E-state index contributed by atoms with van der Waals surface area (Å²) in [5, 5.41) is 3.22. The molecule has 72 valence electrons. The van der Waals surface area contributed by atoms with Crippen LogP contribution >= 0.6 is 12.4 Å². The maximum absolute atomic E-state index is 5.54. The van der Waals surface area contributed by atoms with Crippen molar-refractivity contribution in [1.29, 1.82) is 0 Å². The van der Waals surface area contributed by atoms with Gasteiger partial charge in [0.1, 0.15) is 6.10 Å². The molecule has 1 atom stereocenters. The Labute approximate surface area is 83.1 Å². The minimum Gasteiger partial charge on any atom is -0.472 e. The fraction of sp³-hybridized carbons (Fsp3) is 0.500. The Balaban J connectivity index is 0.000000845. The highest BCUT2D eigenvalue weighted by Crippen LogP contribution is 2.08. The van der Waals surface area contributed by atoms with Crippen LogP contribution in [-0.4, -0.2) is 29.2 Å². The molecule has 1 aliphatic rings. The first-order valence-corrected chi connectivity index (χ1v) is 4.08. The minimum absolute atomic E-state index is 0. The van der Waals surface area contributed by atoms with E-state index in [0.29, 0.717) is 5.88 Å². The van der Waals surface area contributed by atoms with E-state index in [2.05, 4.69) is 15.3 Å². The molecule has 1 N–H and O–H groups in total. The average Bonchev–Trinajstić information content (AvgIpc) is 2.59. The van der Waals surface area contributed by atoms with E-state index in [9.17, 15) is 0 Å². The smallest absolute Gasteiger partial charge is 0.232 e. The molecule has 0 aliphatic carbocycles. The summed E-state index contributed by atoms with van der Waals surface area (Å²) < 4.78 is 5.54. The van der Waals surface area contributed by atoms with Crippen molar-refractivity contribution in [2.75, 3.05) is 13.1 Å². The highest BCUT2D eigenvalue weighted by molar-refractivity contribution is 5.85. The number of hydrogen-bond acceptors (Lipinski definition) is 4. The fourth-order valence-corrected chi connectivity index (χ4v) is 1.25. The summed E-state index contributed by atoms with van der Waals surface area (Å²) in [5.74, 6) is 0.617. The third-order valence-corrected chi connectivity index (χ3v) is 1.84. The zero-order valence-corrected chi connectivity index (χ0v) is 7.96. The molecule has 2 heterocycles. The molecule has 2 rings (SSSR count). The van der Waals surface area contributed by atoms with Gasteiger partial charge in [-0.05, 0) is 13.0 Å². The Kier molecular flexibility index (Phi) is 3.92. The lowest BCUT2D eigenvalue weighted by Gasteiger charge is -2.09. The van der Waals surface area contributed by atoms with Crippen molar-refractivity contribution >= 4 is 12.4 Å². The summed E-state index contributed by atoms with van der Waals surface area (Å²) >= 11 is 0. The molecule has 1 saturated heterocycles. The molecular weight excluding hydrogens is 190 g/mol. The summed E-state index contributed by atoms with van der Waals surface area (Å²) in [6.07, 6.45) is 6.23. The number of rotatable bonds is 2. The van der Waals surface area contributed by atoms with Gasteiger partial charge < -0.3 is 10.1 Å². The van der Waals surface area contributed by atoms with Gasteiger partial charge in [-0.2, -0.15) is 0 Å². The third kappa shape index (κ3) is 2.82. The molecule has 4 nitrogen and oxygen atoms in total. The first kappa shape index (κ1) is 10.2. The van der Waals surface area contributed by atoms with Crippen LogP contribution in [0.4, 0.5) is 0 Å². The Morgan fingerprint density at radius 2 is 2.38 bits per heavy atom. The van der Waals surface area contributed by atoms with Gasteiger partial charge >= 0.3 is 0 Å². The highest BCUT2D eigenvalue weighted by Gasteiger charge is 2.15. The number of nitrogens with one attached hydrogen (secondary N) is 1. The topological polar surface area (TPSA) is 47.0 Å². The summed E-state index contributed by atoms with van der Waals surface area (Å²) in [6.45, 7) is 1.95. The van der Waals surface area contributed by atoms with Gasteiger partial charge in [-0.15, -0.1) is 12.4 Å². The number of aromatic nitrogens is 2. The second-order valence-electron chi connectivity index (χ2n) is 2.78. The van der Waals surface area contributed by atoms with Gasteiger partial charge in [0.2, 0.25) is 5.88 Å². The summed E-state index contributed by atoms with van der Waals surface area (Å²) in [7, 11) is 0. The maximum atomic E-state index is 5.54. The zero-order chi connectivity index (χ0) is 8.23. The molecule has 1 aromatic rings. The van der Waals surface area contributed by atoms with Crippen molar-refractivity contribution in [1.82, 2.24) is 15.3 Å². The number of nitrogens with zero attached hydrogens (tertiary/aromatic N) is 2. The van der Waals surface area contributed by atoms with Crippen LogP contribution in [0.25, 0.3) is 0 Å². The van der Waals surface area contributed by atoms with Crippen molar-refractivity contribution in [2.45, 2.75) is 12.5 Å². The number of ether oxygens (including phenoxy) is 1. The lowest BCUT2D eigenvalue weighted by Crippen LogP contribution is -2.20. The van der Waals surface area contributed by atoms with Crippen LogP contribution in [0.15, 0.2) is 18.6 Å². The van der Waals surface area contributed by atoms with E-state index < -0.39 is 0 Å². The molecular formula is C8H12ClN3O. The molecule has 0 bridgehead atoms. The lowest BCUT2D eigenvalue weighted by molar-refractivity contribution is 0.213. The normalized spacial score (nSPS) is 20.8. The summed E-state index contributed by atoms with van der Waals surface area (Å²) in [6, 6.07) is 0. The predicted molar refractivity (Wildman–Crippen MR) is 51.2 cm³/mol. The number of halogens is 1. The van der Waals surface area contributed by atoms with Gasteiger partial charge in [-0.1, -0.05) is 0 Å². The third-order valence-electron chi connectivity index (χ3n) is 1.84. The van der Waals surface area contributed by atoms with E-state index in [0.717, 1.165) is 19.5 Å². The van der Waals surface area contributed by atoms with Gasteiger partial charge in [-0.3, -0.25) is 4.98 Å². The SMILES string of the molecule is Cl.c1cnc(O[C@@H]2CCNC2)cn1. The van der Waals surface area contributed by atoms with Crippen molar-refractivity contribution in [2.24, 2.45) is 0 Å². The average molecular weight is 202 g/mol. The molecule has 0 saturated carbocycles. The van der Waals surface area contributed by atoms with Gasteiger partial charge in [0, 0.05) is 18.9 Å². The Hall–Kier alpha value is -0.870. The molecule has 0 spiro atoms. The van der Waals surface area contributed by atoms with Crippen molar-refractivity contribution < 1.29 is 4.74 Å². The first-order valence-electron chi connectivity index (χ1n) is 4.08. The van der Waals surface area contributed by atoms with E-state index in [4.69, 9.17) is 4.74 Å². The number of hydrogen-bond donors (Lipinski definition) is 1. The maximum Gasteiger partial charge on any atom is 0.232 e. The van der Waals surface area contributed by atoms with Crippen LogP contribution in [0.2, 0.25) is 0 Å². The fourth-order valence-electron chi connectivity index (χ4n) is 1.25. The Morgan fingerprint density at radius 1 is 1.46 bits per heavy atom. The van der Waals surface area contributed by atoms with E-state index in [1.165, 1.54) is 0 Å². The van der Waals surface area contributed by atoms with Crippen LogP contribution in [0.3, 0.4) is 0 Å². The molecule has 0 amide bonds. The Bertz CT molecular complexity index is 238. The van der Waals surface area contributed by atoms with Gasteiger partial charge in [0.05, 0.1) is 6.20 Å². The van der Waals surface area contributed by atoms with Gasteiger partial charge in [0.15, 0.2) is 0 Å². The van der Waals surface area contributed by atoms with E-state index in [1.54, 1.807) is 18.6 Å². The predicted octanol–water partition coefficient (Wildman–Crippen LogP) is 0.639. The van der Waals surface area contributed by atoms with Crippen molar-refractivity contribution in [3.8, 4) is 5.88 Å². The highest BCUT2D eigenvalue weighted by atomic mass is 35.5. The molecule has 1 fully saturated rings. The van der Waals surface area contributed by atoms with E-state index in [-0.39, 0.29) is 18.5 Å². The minimum atomic E-state index is 0. The first-order chi connectivity index (χ1) is 5.95. The second kappa shape index (κ2) is 4.99. The van der Waals surface area contributed by atoms with E-state index in [1.807, 2.05) is 0 Å².